The number of hydrogen-bond donors (Lipinski definition) is 1. The van der Waals surface area contributed by atoms with Crippen molar-refractivity contribution in [1.82, 2.24) is 0 Å². The molecule has 1 unspecified atom stereocenters. The predicted molar refractivity (Wildman–Crippen MR) is 67.0 cm³/mol. The van der Waals surface area contributed by atoms with Crippen LogP contribution in [0.2, 0.25) is 5.02 Å². The molecule has 1 atom stereocenters. The molecule has 0 aliphatic rings. The fraction of sp³-hybridized carbons (Fsp3) is 0.538. The first kappa shape index (κ1) is 13.3. The normalized spacial score (nSPS) is 13.6. The predicted octanol–water partition coefficient (Wildman–Crippen LogP) is 3.82. The van der Waals surface area contributed by atoms with Crippen molar-refractivity contribution in [3.8, 4) is 5.75 Å². The van der Waals surface area contributed by atoms with Crippen LogP contribution in [0, 0.1) is 5.41 Å². The summed E-state index contributed by atoms with van der Waals surface area (Å²) < 4.78 is 5.14. The minimum atomic E-state index is -0.510. The minimum Gasteiger partial charge on any atom is -0.495 e. The summed E-state index contributed by atoms with van der Waals surface area (Å²) in [6.45, 7) is 6.15. The van der Waals surface area contributed by atoms with Gasteiger partial charge in [0.05, 0.1) is 18.2 Å². The van der Waals surface area contributed by atoms with Gasteiger partial charge >= 0.3 is 0 Å². The molecule has 0 amide bonds. The van der Waals surface area contributed by atoms with Gasteiger partial charge in [0.15, 0.2) is 0 Å². The van der Waals surface area contributed by atoms with Crippen LogP contribution in [0.4, 0.5) is 0 Å². The van der Waals surface area contributed by atoms with E-state index in [4.69, 9.17) is 16.3 Å². The average Bonchev–Trinajstić information content (AvgIpc) is 2.28. The summed E-state index contributed by atoms with van der Waals surface area (Å²) in [5.74, 6) is 0.602. The van der Waals surface area contributed by atoms with Crippen LogP contribution in [0.15, 0.2) is 18.2 Å². The Morgan fingerprint density at radius 1 is 1.44 bits per heavy atom. The number of aliphatic hydroxyl groups excluding tert-OH is 1. The van der Waals surface area contributed by atoms with Crippen molar-refractivity contribution >= 4 is 11.6 Å². The van der Waals surface area contributed by atoms with Gasteiger partial charge in [0, 0.05) is 0 Å². The monoisotopic (exact) mass is 242 g/mol. The molecule has 3 heteroatoms. The molecule has 90 valence electrons. The SMILES string of the molecule is CCC(C)(C)C(O)c1ccc(Cl)c(OC)c1. The molecule has 0 saturated heterocycles. The van der Waals surface area contributed by atoms with Crippen LogP contribution in [-0.4, -0.2) is 12.2 Å². The molecule has 1 aromatic carbocycles. The van der Waals surface area contributed by atoms with Crippen LogP contribution in [0.25, 0.3) is 0 Å². The van der Waals surface area contributed by atoms with Crippen molar-refractivity contribution in [3.63, 3.8) is 0 Å². The molecule has 0 aliphatic heterocycles. The van der Waals surface area contributed by atoms with Crippen LogP contribution in [0.3, 0.4) is 0 Å². The molecule has 16 heavy (non-hydrogen) atoms. The summed E-state index contributed by atoms with van der Waals surface area (Å²) in [5.41, 5.74) is 0.687. The number of aliphatic hydroxyl groups is 1. The van der Waals surface area contributed by atoms with E-state index in [1.807, 2.05) is 19.9 Å². The van der Waals surface area contributed by atoms with E-state index in [0.29, 0.717) is 10.8 Å². The molecule has 0 fully saturated rings. The largest absolute Gasteiger partial charge is 0.495 e. The van der Waals surface area contributed by atoms with Crippen molar-refractivity contribution in [2.75, 3.05) is 7.11 Å². The summed E-state index contributed by atoms with van der Waals surface area (Å²) in [6.07, 6.45) is 0.391. The van der Waals surface area contributed by atoms with Gasteiger partial charge in [-0.1, -0.05) is 38.4 Å². The summed E-state index contributed by atoms with van der Waals surface area (Å²) in [4.78, 5) is 0. The highest BCUT2D eigenvalue weighted by atomic mass is 35.5. The lowest BCUT2D eigenvalue weighted by Gasteiger charge is -2.29. The Kier molecular flexibility index (Phi) is 4.22. The molecule has 0 bridgehead atoms. The van der Waals surface area contributed by atoms with Crippen molar-refractivity contribution in [2.24, 2.45) is 5.41 Å². The molecule has 0 spiro atoms. The second-order valence-electron chi connectivity index (χ2n) is 4.64. The lowest BCUT2D eigenvalue weighted by molar-refractivity contribution is 0.0464. The smallest absolute Gasteiger partial charge is 0.137 e. The Bertz CT molecular complexity index is 361. The molecule has 0 aliphatic carbocycles. The van der Waals surface area contributed by atoms with E-state index in [9.17, 15) is 5.11 Å². The second-order valence-corrected chi connectivity index (χ2v) is 5.05. The fourth-order valence-corrected chi connectivity index (χ4v) is 1.69. The maximum Gasteiger partial charge on any atom is 0.137 e. The number of hydrogen-bond acceptors (Lipinski definition) is 2. The number of ether oxygens (including phenoxy) is 1. The summed E-state index contributed by atoms with van der Waals surface area (Å²) in [5, 5.41) is 10.8. The zero-order valence-corrected chi connectivity index (χ0v) is 11.0. The Morgan fingerprint density at radius 2 is 2.06 bits per heavy atom. The van der Waals surface area contributed by atoms with Crippen molar-refractivity contribution in [1.29, 1.82) is 0 Å². The van der Waals surface area contributed by atoms with Gasteiger partial charge in [-0.05, 0) is 29.5 Å². The van der Waals surface area contributed by atoms with E-state index in [1.165, 1.54) is 0 Å². The second kappa shape index (κ2) is 5.07. The Hall–Kier alpha value is -0.730. The van der Waals surface area contributed by atoms with E-state index in [2.05, 4.69) is 6.92 Å². The van der Waals surface area contributed by atoms with Crippen LogP contribution in [0.1, 0.15) is 38.9 Å². The van der Waals surface area contributed by atoms with Gasteiger partial charge in [0.1, 0.15) is 5.75 Å². The van der Waals surface area contributed by atoms with Gasteiger partial charge in [0.2, 0.25) is 0 Å². The maximum atomic E-state index is 10.3. The first-order chi connectivity index (χ1) is 7.42. The molecule has 2 nitrogen and oxygen atoms in total. The van der Waals surface area contributed by atoms with Crippen LogP contribution >= 0.6 is 11.6 Å². The third-order valence-corrected chi connectivity index (χ3v) is 3.45. The first-order valence-electron chi connectivity index (χ1n) is 5.44. The van der Waals surface area contributed by atoms with Gasteiger partial charge in [-0.15, -0.1) is 0 Å². The summed E-state index contributed by atoms with van der Waals surface area (Å²) in [6, 6.07) is 5.39. The van der Waals surface area contributed by atoms with Crippen molar-refractivity contribution in [2.45, 2.75) is 33.3 Å². The molecular weight excluding hydrogens is 224 g/mol. The lowest BCUT2D eigenvalue weighted by atomic mass is 9.80. The quantitative estimate of drug-likeness (QED) is 0.870. The lowest BCUT2D eigenvalue weighted by Crippen LogP contribution is -2.20. The van der Waals surface area contributed by atoms with Gasteiger partial charge in [0.25, 0.3) is 0 Å². The number of benzene rings is 1. The average molecular weight is 243 g/mol. The highest BCUT2D eigenvalue weighted by Crippen LogP contribution is 2.38. The van der Waals surface area contributed by atoms with E-state index >= 15 is 0 Å². The molecule has 0 radical (unpaired) electrons. The number of halogens is 1. The standard InChI is InChI=1S/C13H19ClO2/c1-5-13(2,3)12(15)9-6-7-10(14)11(8-9)16-4/h6-8,12,15H,5H2,1-4H3. The topological polar surface area (TPSA) is 29.5 Å². The van der Waals surface area contributed by atoms with Crippen LogP contribution in [-0.2, 0) is 0 Å². The Balaban J connectivity index is 3.05. The molecule has 1 N–H and O–H groups in total. The van der Waals surface area contributed by atoms with Gasteiger partial charge in [-0.3, -0.25) is 0 Å². The summed E-state index contributed by atoms with van der Waals surface area (Å²) >= 11 is 5.94. The fourth-order valence-electron chi connectivity index (χ4n) is 1.49. The number of methoxy groups -OCH3 is 1. The first-order valence-corrected chi connectivity index (χ1v) is 5.81. The Morgan fingerprint density at radius 3 is 2.56 bits per heavy atom. The molecule has 0 heterocycles. The van der Waals surface area contributed by atoms with E-state index in [-0.39, 0.29) is 5.41 Å². The Labute approximate surface area is 102 Å². The zero-order valence-electron chi connectivity index (χ0n) is 10.2. The van der Waals surface area contributed by atoms with Gasteiger partial charge in [-0.25, -0.2) is 0 Å². The van der Waals surface area contributed by atoms with Gasteiger partial charge in [-0.2, -0.15) is 0 Å². The van der Waals surface area contributed by atoms with E-state index in [0.717, 1.165) is 12.0 Å². The highest BCUT2D eigenvalue weighted by Gasteiger charge is 2.27. The molecular formula is C13H19ClO2. The van der Waals surface area contributed by atoms with Gasteiger partial charge < -0.3 is 9.84 Å². The maximum absolute atomic E-state index is 10.3. The third kappa shape index (κ3) is 2.69. The molecule has 1 rings (SSSR count). The van der Waals surface area contributed by atoms with Crippen molar-refractivity contribution < 1.29 is 9.84 Å². The van der Waals surface area contributed by atoms with Crippen molar-refractivity contribution in [3.05, 3.63) is 28.8 Å². The molecule has 1 aromatic rings. The third-order valence-electron chi connectivity index (χ3n) is 3.14. The summed E-state index contributed by atoms with van der Waals surface area (Å²) in [7, 11) is 1.57. The molecule has 0 saturated carbocycles. The molecule has 0 aromatic heterocycles. The van der Waals surface area contributed by atoms with Crippen LogP contribution < -0.4 is 4.74 Å². The highest BCUT2D eigenvalue weighted by molar-refractivity contribution is 6.32. The van der Waals surface area contributed by atoms with E-state index < -0.39 is 6.10 Å². The van der Waals surface area contributed by atoms with Crippen LogP contribution in [0.5, 0.6) is 5.75 Å². The zero-order chi connectivity index (χ0) is 12.3. The van der Waals surface area contributed by atoms with E-state index in [1.54, 1.807) is 19.2 Å². The number of rotatable bonds is 4. The minimum absolute atomic E-state index is 0.154.